The average Bonchev–Trinajstić information content (AvgIpc) is 2.70. The molecule has 2 N–H and O–H groups in total. The van der Waals surface area contributed by atoms with Gasteiger partial charge in [-0.3, -0.25) is 0 Å². The molecule has 0 bridgehead atoms. The SMILES string of the molecule is CCc1oc(N)nc1-c1ccc(C(C)C)cc1. The maximum absolute atomic E-state index is 5.59. The number of benzene rings is 1. The van der Waals surface area contributed by atoms with Crippen molar-refractivity contribution in [3.63, 3.8) is 0 Å². The van der Waals surface area contributed by atoms with Gasteiger partial charge in [0.15, 0.2) is 0 Å². The molecule has 0 amide bonds. The number of aromatic nitrogens is 1. The Bertz CT molecular complexity index is 497. The zero-order chi connectivity index (χ0) is 12.4. The first-order chi connectivity index (χ1) is 8.11. The van der Waals surface area contributed by atoms with Gasteiger partial charge in [0.1, 0.15) is 11.5 Å². The van der Waals surface area contributed by atoms with Crippen molar-refractivity contribution in [3.8, 4) is 11.3 Å². The molecule has 3 nitrogen and oxygen atoms in total. The van der Waals surface area contributed by atoms with Gasteiger partial charge in [-0.1, -0.05) is 45.0 Å². The van der Waals surface area contributed by atoms with E-state index < -0.39 is 0 Å². The Morgan fingerprint density at radius 2 is 1.88 bits per heavy atom. The van der Waals surface area contributed by atoms with Crippen LogP contribution in [0.3, 0.4) is 0 Å². The number of anilines is 1. The predicted molar refractivity (Wildman–Crippen MR) is 69.8 cm³/mol. The van der Waals surface area contributed by atoms with E-state index in [-0.39, 0.29) is 6.01 Å². The highest BCUT2D eigenvalue weighted by atomic mass is 16.4. The van der Waals surface area contributed by atoms with Crippen LogP contribution < -0.4 is 5.73 Å². The van der Waals surface area contributed by atoms with Gasteiger partial charge in [0.05, 0.1) is 0 Å². The number of hydrogen-bond acceptors (Lipinski definition) is 3. The van der Waals surface area contributed by atoms with E-state index in [9.17, 15) is 0 Å². The molecule has 0 radical (unpaired) electrons. The lowest BCUT2D eigenvalue weighted by atomic mass is 10.0. The number of nitrogens with zero attached hydrogens (tertiary/aromatic N) is 1. The summed E-state index contributed by atoms with van der Waals surface area (Å²) in [6.45, 7) is 6.40. The van der Waals surface area contributed by atoms with Gasteiger partial charge in [-0.05, 0) is 11.5 Å². The standard InChI is InChI=1S/C14H18N2O/c1-4-12-13(16-14(15)17-12)11-7-5-10(6-8-11)9(2)3/h5-9H,4H2,1-3H3,(H2,15,16). The van der Waals surface area contributed by atoms with E-state index in [1.165, 1.54) is 5.56 Å². The van der Waals surface area contributed by atoms with Crippen LogP contribution in [0.25, 0.3) is 11.3 Å². The van der Waals surface area contributed by atoms with Gasteiger partial charge in [0.2, 0.25) is 0 Å². The summed E-state index contributed by atoms with van der Waals surface area (Å²) < 4.78 is 5.36. The minimum atomic E-state index is 0.241. The third-order valence-corrected chi connectivity index (χ3v) is 2.89. The molecule has 2 aromatic rings. The molecule has 0 spiro atoms. The highest BCUT2D eigenvalue weighted by Crippen LogP contribution is 2.27. The van der Waals surface area contributed by atoms with Crippen LogP contribution in [0, 0.1) is 0 Å². The van der Waals surface area contributed by atoms with E-state index in [4.69, 9.17) is 10.2 Å². The lowest BCUT2D eigenvalue weighted by molar-refractivity contribution is 0.530. The third-order valence-electron chi connectivity index (χ3n) is 2.89. The minimum Gasteiger partial charge on any atom is -0.428 e. The van der Waals surface area contributed by atoms with E-state index in [2.05, 4.69) is 43.1 Å². The average molecular weight is 230 g/mol. The molecule has 17 heavy (non-hydrogen) atoms. The second-order valence-electron chi connectivity index (χ2n) is 4.45. The van der Waals surface area contributed by atoms with Crippen molar-refractivity contribution in [3.05, 3.63) is 35.6 Å². The van der Waals surface area contributed by atoms with Crippen LogP contribution in [0.2, 0.25) is 0 Å². The molecule has 0 saturated heterocycles. The maximum Gasteiger partial charge on any atom is 0.292 e. The van der Waals surface area contributed by atoms with Gasteiger partial charge in [-0.2, -0.15) is 4.98 Å². The maximum atomic E-state index is 5.59. The fourth-order valence-corrected chi connectivity index (χ4v) is 1.86. The van der Waals surface area contributed by atoms with E-state index in [1.807, 2.05) is 6.92 Å². The van der Waals surface area contributed by atoms with Gasteiger partial charge in [0, 0.05) is 12.0 Å². The van der Waals surface area contributed by atoms with Crippen LogP contribution in [0.1, 0.15) is 38.0 Å². The summed E-state index contributed by atoms with van der Waals surface area (Å²) in [5.41, 5.74) is 8.84. The van der Waals surface area contributed by atoms with Crippen LogP contribution in [0.4, 0.5) is 6.01 Å². The summed E-state index contributed by atoms with van der Waals surface area (Å²) in [4.78, 5) is 4.24. The molecule has 3 heteroatoms. The first-order valence-corrected chi connectivity index (χ1v) is 5.97. The molecule has 1 aromatic carbocycles. The van der Waals surface area contributed by atoms with Crippen LogP contribution in [0.5, 0.6) is 0 Å². The van der Waals surface area contributed by atoms with Crippen molar-refractivity contribution in [2.75, 3.05) is 5.73 Å². The molecule has 2 rings (SSSR count). The van der Waals surface area contributed by atoms with Crippen LogP contribution in [-0.2, 0) is 6.42 Å². The van der Waals surface area contributed by atoms with E-state index in [1.54, 1.807) is 0 Å². The molecule has 1 aromatic heterocycles. The van der Waals surface area contributed by atoms with Crippen molar-refractivity contribution >= 4 is 6.01 Å². The second kappa shape index (κ2) is 4.62. The van der Waals surface area contributed by atoms with Gasteiger partial charge >= 0.3 is 0 Å². The first kappa shape index (κ1) is 11.7. The van der Waals surface area contributed by atoms with Gasteiger partial charge < -0.3 is 10.2 Å². The van der Waals surface area contributed by atoms with Crippen molar-refractivity contribution in [2.45, 2.75) is 33.1 Å². The normalized spacial score (nSPS) is 11.1. The number of aryl methyl sites for hydroxylation is 1. The Kier molecular flexibility index (Phi) is 3.18. The van der Waals surface area contributed by atoms with Crippen molar-refractivity contribution in [1.29, 1.82) is 0 Å². The smallest absolute Gasteiger partial charge is 0.292 e. The molecule has 0 saturated carbocycles. The van der Waals surface area contributed by atoms with Gasteiger partial charge in [0.25, 0.3) is 6.01 Å². The van der Waals surface area contributed by atoms with Crippen LogP contribution in [-0.4, -0.2) is 4.98 Å². The Hall–Kier alpha value is -1.77. The third kappa shape index (κ3) is 2.33. The Labute approximate surface area is 102 Å². The van der Waals surface area contributed by atoms with Gasteiger partial charge in [-0.15, -0.1) is 0 Å². The summed E-state index contributed by atoms with van der Waals surface area (Å²) in [6, 6.07) is 8.65. The monoisotopic (exact) mass is 230 g/mol. The molecule has 0 aliphatic rings. The molecule has 0 aliphatic heterocycles. The molecule has 0 unspecified atom stereocenters. The van der Waals surface area contributed by atoms with E-state index in [0.717, 1.165) is 23.4 Å². The highest BCUT2D eigenvalue weighted by Gasteiger charge is 2.12. The molecule has 0 fully saturated rings. The zero-order valence-corrected chi connectivity index (χ0v) is 10.5. The first-order valence-electron chi connectivity index (χ1n) is 5.97. The predicted octanol–water partition coefficient (Wildman–Crippen LogP) is 3.61. The minimum absolute atomic E-state index is 0.241. The largest absolute Gasteiger partial charge is 0.428 e. The van der Waals surface area contributed by atoms with Crippen molar-refractivity contribution < 1.29 is 4.42 Å². The Morgan fingerprint density at radius 1 is 1.24 bits per heavy atom. The summed E-state index contributed by atoms with van der Waals surface area (Å²) in [6.07, 6.45) is 0.797. The lowest BCUT2D eigenvalue weighted by Gasteiger charge is -2.05. The molecular formula is C14H18N2O. The van der Waals surface area contributed by atoms with Crippen molar-refractivity contribution in [2.24, 2.45) is 0 Å². The summed E-state index contributed by atoms with van der Waals surface area (Å²) in [7, 11) is 0. The fraction of sp³-hybridized carbons (Fsp3) is 0.357. The number of nitrogens with two attached hydrogens (primary N) is 1. The Balaban J connectivity index is 2.39. The van der Waals surface area contributed by atoms with Crippen LogP contribution >= 0.6 is 0 Å². The fourth-order valence-electron chi connectivity index (χ4n) is 1.86. The Morgan fingerprint density at radius 3 is 2.41 bits per heavy atom. The lowest BCUT2D eigenvalue weighted by Crippen LogP contribution is -1.89. The second-order valence-corrected chi connectivity index (χ2v) is 4.45. The zero-order valence-electron chi connectivity index (χ0n) is 10.5. The molecule has 0 aliphatic carbocycles. The van der Waals surface area contributed by atoms with Crippen LogP contribution in [0.15, 0.2) is 28.7 Å². The number of rotatable bonds is 3. The molecule has 0 atom stereocenters. The van der Waals surface area contributed by atoms with Crippen molar-refractivity contribution in [1.82, 2.24) is 4.98 Å². The van der Waals surface area contributed by atoms with E-state index >= 15 is 0 Å². The molecule has 90 valence electrons. The number of oxazole rings is 1. The summed E-state index contributed by atoms with van der Waals surface area (Å²) >= 11 is 0. The molecular weight excluding hydrogens is 212 g/mol. The quantitative estimate of drug-likeness (QED) is 0.876. The van der Waals surface area contributed by atoms with E-state index in [0.29, 0.717) is 5.92 Å². The number of nitrogen functional groups attached to an aromatic ring is 1. The topological polar surface area (TPSA) is 52.0 Å². The van der Waals surface area contributed by atoms with Gasteiger partial charge in [-0.25, -0.2) is 0 Å². The summed E-state index contributed by atoms with van der Waals surface area (Å²) in [5.74, 6) is 1.39. The highest BCUT2D eigenvalue weighted by molar-refractivity contribution is 5.63. The molecule has 1 heterocycles. The number of hydrogen-bond donors (Lipinski definition) is 1. The summed E-state index contributed by atoms with van der Waals surface area (Å²) in [5, 5.41) is 0.